The van der Waals surface area contributed by atoms with Crippen LogP contribution in [0, 0.1) is 0 Å². The zero-order valence-corrected chi connectivity index (χ0v) is 30.1. The quantitative estimate of drug-likeness (QED) is 0.0849. The minimum Gasteiger partial charge on any atom is -0.296 e. The summed E-state index contributed by atoms with van der Waals surface area (Å²) in [6.07, 6.45) is 2.55. The van der Waals surface area contributed by atoms with Crippen LogP contribution in [0.15, 0.2) is 137 Å². The maximum Gasteiger partial charge on any atom is 0.295 e. The molecule has 0 aliphatic heterocycles. The van der Waals surface area contributed by atoms with Crippen LogP contribution in [0.3, 0.4) is 0 Å². The minimum absolute atomic E-state index is 0.000135. The Bertz CT molecular complexity index is 2820. The van der Waals surface area contributed by atoms with Crippen LogP contribution in [-0.4, -0.2) is 69.9 Å². The molecule has 0 atom stereocenters. The van der Waals surface area contributed by atoms with Gasteiger partial charge < -0.3 is 0 Å². The van der Waals surface area contributed by atoms with Gasteiger partial charge in [0.1, 0.15) is 9.79 Å². The molecule has 4 aromatic carbocycles. The summed E-state index contributed by atoms with van der Waals surface area (Å²) in [6.45, 7) is 0. The molecule has 0 amide bonds. The largest absolute Gasteiger partial charge is 0.296 e. The maximum atomic E-state index is 12.5. The number of aromatic amines is 6. The molecule has 2 aromatic heterocycles. The average Bonchev–Trinajstić information content (AvgIpc) is 3.14. The molecule has 6 aromatic rings. The lowest BCUT2D eigenvalue weighted by atomic mass is 10.1. The van der Waals surface area contributed by atoms with E-state index in [0.29, 0.717) is 33.8 Å². The van der Waals surface area contributed by atoms with E-state index < -0.39 is 30.0 Å². The van der Waals surface area contributed by atoms with Crippen molar-refractivity contribution < 1.29 is 25.9 Å². The standard InChI is InChI=1S/C34H32N12O6S2/c1-35-29-41-31(37-23-9-5-3-6-10-23)45-33(43-29)39-25-17-15-21(27(19-25)53(47,48)49)13-14-22-16-18-26(20-28(22)54(50,51)52)40-34-44-30(36-2)42-32(46-34)38-24-11-7-4-8-12-24/h3-20H,1-2H3,(H,47,48,49)(H,50,51,52)(H3,35,37,39,41,43,45)(H3,36,38,40,42,44,46). The van der Waals surface area contributed by atoms with Crippen molar-refractivity contribution in [2.45, 2.75) is 9.79 Å². The van der Waals surface area contributed by atoms with Crippen molar-refractivity contribution in [1.82, 2.24) is 29.9 Å². The molecular weight excluding hydrogens is 737 g/mol. The lowest BCUT2D eigenvalue weighted by molar-refractivity contribution is 0.480. The van der Waals surface area contributed by atoms with E-state index >= 15 is 0 Å². The van der Waals surface area contributed by atoms with E-state index in [1.165, 1.54) is 36.4 Å². The number of aromatic nitrogens is 6. The molecule has 276 valence electrons. The van der Waals surface area contributed by atoms with E-state index in [9.17, 15) is 25.9 Å². The first kappa shape index (κ1) is 37.0. The number of benzene rings is 4. The van der Waals surface area contributed by atoms with Crippen molar-refractivity contribution in [3.8, 4) is 0 Å². The Hall–Kier alpha value is -6.74. The summed E-state index contributed by atoms with van der Waals surface area (Å²) in [5.41, 5.74) is 3.08. The summed E-state index contributed by atoms with van der Waals surface area (Å²) in [4.78, 5) is 42.6. The maximum absolute atomic E-state index is 12.5. The first-order chi connectivity index (χ1) is 25.9. The molecule has 0 aliphatic rings. The smallest absolute Gasteiger partial charge is 0.295 e. The highest BCUT2D eigenvalue weighted by molar-refractivity contribution is 7.86. The second kappa shape index (κ2) is 15.9. The van der Waals surface area contributed by atoms with Crippen molar-refractivity contribution in [1.29, 1.82) is 0 Å². The van der Waals surface area contributed by atoms with Crippen LogP contribution in [0.5, 0.6) is 0 Å². The van der Waals surface area contributed by atoms with Crippen molar-refractivity contribution in [3.05, 3.63) is 142 Å². The minimum atomic E-state index is -4.81. The van der Waals surface area contributed by atoms with Gasteiger partial charge in [0.2, 0.25) is 33.7 Å². The SMILES string of the molecule is CN=c1[nH]c(=Nc2ccccc2)[nH]c(=Nc2ccc(C=Cc3ccc(N=c4[nH]c(=NC)[nH]c(=Nc5ccccc5)[nH]4)cc3S(=O)(=O)O)c(S(=O)(=O)O)c2)[nH]1. The van der Waals surface area contributed by atoms with E-state index in [0.717, 1.165) is 12.1 Å². The van der Waals surface area contributed by atoms with Gasteiger partial charge in [0, 0.05) is 14.1 Å². The number of hydrogen-bond donors (Lipinski definition) is 8. The lowest BCUT2D eigenvalue weighted by Crippen LogP contribution is -2.36. The zero-order chi connectivity index (χ0) is 38.3. The van der Waals surface area contributed by atoms with Gasteiger partial charge in [0.05, 0.1) is 22.7 Å². The normalized spacial score (nSPS) is 14.4. The Morgan fingerprint density at radius 2 is 0.759 bits per heavy atom. The van der Waals surface area contributed by atoms with Gasteiger partial charge in [0.25, 0.3) is 20.2 Å². The molecule has 0 aliphatic carbocycles. The molecule has 6 rings (SSSR count). The van der Waals surface area contributed by atoms with E-state index in [1.54, 1.807) is 38.4 Å². The Labute approximate surface area is 305 Å². The van der Waals surface area contributed by atoms with Crippen LogP contribution >= 0.6 is 0 Å². The monoisotopic (exact) mass is 768 g/mol. The van der Waals surface area contributed by atoms with Crippen molar-refractivity contribution in [3.63, 3.8) is 0 Å². The van der Waals surface area contributed by atoms with Crippen molar-refractivity contribution in [2.24, 2.45) is 30.0 Å². The van der Waals surface area contributed by atoms with Gasteiger partial charge in [0.15, 0.2) is 0 Å². The average molecular weight is 769 g/mol. The molecule has 2 heterocycles. The highest BCUT2D eigenvalue weighted by atomic mass is 32.2. The molecule has 54 heavy (non-hydrogen) atoms. The van der Waals surface area contributed by atoms with Crippen LogP contribution in [0.2, 0.25) is 0 Å². The zero-order valence-electron chi connectivity index (χ0n) is 28.4. The molecule has 8 N–H and O–H groups in total. The summed E-state index contributed by atoms with van der Waals surface area (Å²) in [6, 6.07) is 26.2. The van der Waals surface area contributed by atoms with E-state index in [4.69, 9.17) is 0 Å². The molecule has 20 heteroatoms. The van der Waals surface area contributed by atoms with Crippen LogP contribution < -0.4 is 33.7 Å². The Morgan fingerprint density at radius 3 is 1.07 bits per heavy atom. The Balaban J connectivity index is 1.38. The fourth-order valence-corrected chi connectivity index (χ4v) is 6.32. The van der Waals surface area contributed by atoms with Crippen LogP contribution in [0.4, 0.5) is 22.7 Å². The van der Waals surface area contributed by atoms with Gasteiger partial charge >= 0.3 is 0 Å². The van der Waals surface area contributed by atoms with Crippen LogP contribution in [0.25, 0.3) is 12.2 Å². The fourth-order valence-electron chi connectivity index (χ4n) is 4.92. The number of hydrogen-bond acceptors (Lipinski definition) is 10. The third-order valence-electron chi connectivity index (χ3n) is 7.34. The summed E-state index contributed by atoms with van der Waals surface area (Å²) < 4.78 is 70.3. The molecule has 0 fully saturated rings. The predicted octanol–water partition coefficient (Wildman–Crippen LogP) is 2.31. The molecular formula is C34H32N12O6S2. The molecule has 0 saturated carbocycles. The first-order valence-electron chi connectivity index (χ1n) is 15.8. The molecule has 0 spiro atoms. The van der Waals surface area contributed by atoms with Gasteiger partial charge in [-0.2, -0.15) is 16.8 Å². The van der Waals surface area contributed by atoms with Gasteiger partial charge in [-0.1, -0.05) is 60.7 Å². The molecule has 18 nitrogen and oxygen atoms in total. The Kier molecular flexibility index (Phi) is 10.9. The number of H-pyrrole nitrogens is 6. The summed E-state index contributed by atoms with van der Waals surface area (Å²) in [5, 5.41) is 0. The third-order valence-corrected chi connectivity index (χ3v) is 9.16. The number of nitrogens with zero attached hydrogens (tertiary/aromatic N) is 6. The number of para-hydroxylation sites is 2. The summed E-state index contributed by atoms with van der Waals surface area (Å²) >= 11 is 0. The van der Waals surface area contributed by atoms with Crippen LogP contribution in [-0.2, 0) is 20.2 Å². The molecule has 0 bridgehead atoms. The molecule has 0 saturated heterocycles. The van der Waals surface area contributed by atoms with Crippen molar-refractivity contribution >= 4 is 55.1 Å². The van der Waals surface area contributed by atoms with Gasteiger partial charge in [-0.3, -0.25) is 49.0 Å². The van der Waals surface area contributed by atoms with Crippen LogP contribution in [0.1, 0.15) is 11.1 Å². The van der Waals surface area contributed by atoms with Gasteiger partial charge in [-0.25, -0.2) is 20.0 Å². The van der Waals surface area contributed by atoms with Gasteiger partial charge in [-0.05, 0) is 59.7 Å². The summed E-state index contributed by atoms with van der Waals surface area (Å²) in [5.74, 6) is 0. The number of nitrogens with one attached hydrogen (secondary N) is 6. The lowest BCUT2D eigenvalue weighted by Gasteiger charge is -2.07. The highest BCUT2D eigenvalue weighted by Crippen LogP contribution is 2.27. The highest BCUT2D eigenvalue weighted by Gasteiger charge is 2.17. The second-order valence-corrected chi connectivity index (χ2v) is 13.9. The fraction of sp³-hybridized carbons (Fsp3) is 0.0588. The topological polar surface area (TPSA) is 278 Å². The summed E-state index contributed by atoms with van der Waals surface area (Å²) in [7, 11) is -6.52. The molecule has 0 radical (unpaired) electrons. The first-order valence-corrected chi connectivity index (χ1v) is 18.7. The van der Waals surface area contributed by atoms with E-state index in [-0.39, 0.29) is 33.7 Å². The predicted molar refractivity (Wildman–Crippen MR) is 197 cm³/mol. The third kappa shape index (κ3) is 9.57. The second-order valence-electron chi connectivity index (χ2n) is 11.1. The van der Waals surface area contributed by atoms with E-state index in [1.807, 2.05) is 36.4 Å². The molecule has 0 unspecified atom stereocenters. The van der Waals surface area contributed by atoms with E-state index in [2.05, 4.69) is 59.9 Å². The number of rotatable bonds is 8. The van der Waals surface area contributed by atoms with Crippen molar-refractivity contribution in [2.75, 3.05) is 14.1 Å². The van der Waals surface area contributed by atoms with Gasteiger partial charge in [-0.15, -0.1) is 0 Å². The Morgan fingerprint density at radius 1 is 0.444 bits per heavy atom.